The van der Waals surface area contributed by atoms with Crippen LogP contribution in [0, 0.1) is 0 Å². The van der Waals surface area contributed by atoms with Crippen molar-refractivity contribution < 1.29 is 10.2 Å². The summed E-state index contributed by atoms with van der Waals surface area (Å²) < 4.78 is 0. The summed E-state index contributed by atoms with van der Waals surface area (Å²) in [6, 6.07) is 0. The normalized spacial score (nSPS) is 17.3. The highest BCUT2D eigenvalue weighted by atomic mass is 16.3. The Morgan fingerprint density at radius 1 is 1.33 bits per heavy atom. The molecule has 2 heteroatoms. The van der Waals surface area contributed by atoms with Crippen LogP contribution >= 0.6 is 0 Å². The van der Waals surface area contributed by atoms with E-state index in [0.717, 1.165) is 12.8 Å². The van der Waals surface area contributed by atoms with E-state index < -0.39 is 12.2 Å². The van der Waals surface area contributed by atoms with Gasteiger partial charge in [-0.3, -0.25) is 0 Å². The SMILES string of the molecule is CCCC[C@@H](O)C(C)O. The van der Waals surface area contributed by atoms with Crippen molar-refractivity contribution in [1.82, 2.24) is 0 Å². The first-order chi connectivity index (χ1) is 4.18. The van der Waals surface area contributed by atoms with Crippen LogP contribution in [0.25, 0.3) is 0 Å². The smallest absolute Gasteiger partial charge is 0.0796 e. The van der Waals surface area contributed by atoms with Crippen molar-refractivity contribution in [2.24, 2.45) is 0 Å². The van der Waals surface area contributed by atoms with Gasteiger partial charge >= 0.3 is 0 Å². The standard InChI is InChI=1S/C7H16O2/c1-3-4-5-7(9)6(2)8/h6-9H,3-5H2,1-2H3/t6?,7-/m1/s1. The average molecular weight is 132 g/mol. The van der Waals surface area contributed by atoms with Gasteiger partial charge in [0.15, 0.2) is 0 Å². The third kappa shape index (κ3) is 4.43. The Morgan fingerprint density at radius 3 is 2.22 bits per heavy atom. The molecule has 2 atom stereocenters. The van der Waals surface area contributed by atoms with Crippen LogP contribution < -0.4 is 0 Å². The molecule has 1 unspecified atom stereocenters. The molecule has 0 rings (SSSR count). The summed E-state index contributed by atoms with van der Waals surface area (Å²) in [5.41, 5.74) is 0. The second-order valence-corrected chi connectivity index (χ2v) is 2.45. The highest BCUT2D eigenvalue weighted by Gasteiger charge is 2.08. The summed E-state index contributed by atoms with van der Waals surface area (Å²) in [7, 11) is 0. The quantitative estimate of drug-likeness (QED) is 0.597. The highest BCUT2D eigenvalue weighted by Crippen LogP contribution is 2.03. The van der Waals surface area contributed by atoms with Gasteiger partial charge in [-0.1, -0.05) is 19.8 Å². The second-order valence-electron chi connectivity index (χ2n) is 2.45. The van der Waals surface area contributed by atoms with E-state index in [1.54, 1.807) is 6.92 Å². The van der Waals surface area contributed by atoms with E-state index in [9.17, 15) is 0 Å². The minimum atomic E-state index is -0.573. The molecule has 0 amide bonds. The van der Waals surface area contributed by atoms with E-state index in [1.807, 2.05) is 0 Å². The van der Waals surface area contributed by atoms with E-state index in [1.165, 1.54) is 0 Å². The third-order valence-corrected chi connectivity index (χ3v) is 1.41. The van der Waals surface area contributed by atoms with Gasteiger partial charge in [-0.2, -0.15) is 0 Å². The molecule has 0 saturated heterocycles. The van der Waals surface area contributed by atoms with Gasteiger partial charge in [0.25, 0.3) is 0 Å². The van der Waals surface area contributed by atoms with E-state index in [4.69, 9.17) is 10.2 Å². The Balaban J connectivity index is 3.16. The van der Waals surface area contributed by atoms with Gasteiger partial charge in [-0.15, -0.1) is 0 Å². The van der Waals surface area contributed by atoms with Crippen LogP contribution in [0.3, 0.4) is 0 Å². The predicted octanol–water partition coefficient (Wildman–Crippen LogP) is 0.918. The van der Waals surface area contributed by atoms with Crippen LogP contribution in [0.1, 0.15) is 33.1 Å². The van der Waals surface area contributed by atoms with Crippen molar-refractivity contribution >= 4 is 0 Å². The molecule has 0 aromatic rings. The number of unbranched alkanes of at least 4 members (excludes halogenated alkanes) is 1. The molecule has 0 aromatic carbocycles. The number of aliphatic hydroxyl groups is 2. The molecule has 2 nitrogen and oxygen atoms in total. The van der Waals surface area contributed by atoms with Gasteiger partial charge < -0.3 is 10.2 Å². The molecule has 9 heavy (non-hydrogen) atoms. The molecule has 0 fully saturated rings. The lowest BCUT2D eigenvalue weighted by Crippen LogP contribution is -2.21. The molecule has 0 aliphatic carbocycles. The molecule has 56 valence electrons. The second kappa shape index (κ2) is 4.77. The molecule has 0 spiro atoms. The minimum Gasteiger partial charge on any atom is -0.391 e. The lowest BCUT2D eigenvalue weighted by molar-refractivity contribution is 0.0250. The monoisotopic (exact) mass is 132 g/mol. The van der Waals surface area contributed by atoms with Crippen molar-refractivity contribution in [3.05, 3.63) is 0 Å². The molecule has 0 bridgehead atoms. The number of hydrogen-bond acceptors (Lipinski definition) is 2. The van der Waals surface area contributed by atoms with Crippen LogP contribution in [-0.4, -0.2) is 22.4 Å². The van der Waals surface area contributed by atoms with Crippen molar-refractivity contribution in [2.75, 3.05) is 0 Å². The lowest BCUT2D eigenvalue weighted by atomic mass is 10.1. The Labute approximate surface area is 56.5 Å². The van der Waals surface area contributed by atoms with E-state index >= 15 is 0 Å². The van der Waals surface area contributed by atoms with E-state index in [2.05, 4.69) is 6.92 Å². The van der Waals surface area contributed by atoms with E-state index in [0.29, 0.717) is 6.42 Å². The van der Waals surface area contributed by atoms with Gasteiger partial charge in [-0.25, -0.2) is 0 Å². The maximum atomic E-state index is 9.01. The first kappa shape index (κ1) is 8.92. The summed E-state index contributed by atoms with van der Waals surface area (Å²) in [6.45, 7) is 3.68. The molecule has 0 aromatic heterocycles. The molecule has 2 N–H and O–H groups in total. The molecule has 0 heterocycles. The van der Waals surface area contributed by atoms with Crippen LogP contribution in [-0.2, 0) is 0 Å². The number of aliphatic hydroxyl groups excluding tert-OH is 2. The zero-order valence-corrected chi connectivity index (χ0v) is 6.17. The zero-order valence-electron chi connectivity index (χ0n) is 6.17. The number of rotatable bonds is 4. The van der Waals surface area contributed by atoms with Gasteiger partial charge in [0.1, 0.15) is 0 Å². The van der Waals surface area contributed by atoms with Gasteiger partial charge in [0.05, 0.1) is 12.2 Å². The fourth-order valence-electron chi connectivity index (χ4n) is 0.654. The van der Waals surface area contributed by atoms with Crippen LogP contribution in [0.4, 0.5) is 0 Å². The fraction of sp³-hybridized carbons (Fsp3) is 1.00. The van der Waals surface area contributed by atoms with Crippen molar-refractivity contribution in [3.8, 4) is 0 Å². The van der Waals surface area contributed by atoms with Crippen molar-refractivity contribution in [2.45, 2.75) is 45.3 Å². The Hall–Kier alpha value is -0.0800. The highest BCUT2D eigenvalue weighted by molar-refractivity contribution is 4.60. The lowest BCUT2D eigenvalue weighted by Gasteiger charge is -2.11. The van der Waals surface area contributed by atoms with Crippen molar-refractivity contribution in [3.63, 3.8) is 0 Å². The Bertz CT molecular complexity index is 61.9. The molecular formula is C7H16O2. The van der Waals surface area contributed by atoms with Crippen LogP contribution in [0.15, 0.2) is 0 Å². The Kier molecular flexibility index (Phi) is 4.72. The first-order valence-corrected chi connectivity index (χ1v) is 3.54. The fourth-order valence-corrected chi connectivity index (χ4v) is 0.654. The predicted molar refractivity (Wildman–Crippen MR) is 37.2 cm³/mol. The maximum Gasteiger partial charge on any atom is 0.0796 e. The van der Waals surface area contributed by atoms with Crippen LogP contribution in [0.5, 0.6) is 0 Å². The van der Waals surface area contributed by atoms with Crippen LogP contribution in [0.2, 0.25) is 0 Å². The van der Waals surface area contributed by atoms with Gasteiger partial charge in [-0.05, 0) is 13.3 Å². The largest absolute Gasteiger partial charge is 0.391 e. The van der Waals surface area contributed by atoms with Gasteiger partial charge in [0.2, 0.25) is 0 Å². The summed E-state index contributed by atoms with van der Waals surface area (Å²) in [4.78, 5) is 0. The summed E-state index contributed by atoms with van der Waals surface area (Å²) >= 11 is 0. The average Bonchev–Trinajstić information content (AvgIpc) is 1.82. The summed E-state index contributed by atoms with van der Waals surface area (Å²) in [6.07, 6.45) is 1.69. The Morgan fingerprint density at radius 2 is 1.89 bits per heavy atom. The summed E-state index contributed by atoms with van der Waals surface area (Å²) in [5.74, 6) is 0. The molecular weight excluding hydrogens is 116 g/mol. The molecule has 0 radical (unpaired) electrons. The maximum absolute atomic E-state index is 9.01. The van der Waals surface area contributed by atoms with E-state index in [-0.39, 0.29) is 0 Å². The first-order valence-electron chi connectivity index (χ1n) is 3.54. The summed E-state index contributed by atoms with van der Waals surface area (Å²) in [5, 5.41) is 17.8. The van der Waals surface area contributed by atoms with Crippen molar-refractivity contribution in [1.29, 1.82) is 0 Å². The zero-order chi connectivity index (χ0) is 7.28. The molecule has 0 aliphatic rings. The number of hydrogen-bond donors (Lipinski definition) is 2. The molecule has 0 saturated carbocycles. The van der Waals surface area contributed by atoms with Gasteiger partial charge in [0, 0.05) is 0 Å². The topological polar surface area (TPSA) is 40.5 Å². The minimum absolute atomic E-state index is 0.523. The third-order valence-electron chi connectivity index (χ3n) is 1.41. The molecule has 0 aliphatic heterocycles.